The lowest BCUT2D eigenvalue weighted by Crippen LogP contribution is -2.38. The van der Waals surface area contributed by atoms with Crippen molar-refractivity contribution in [3.8, 4) is 0 Å². The second-order valence-corrected chi connectivity index (χ2v) is 7.60. The largest absolute Gasteiger partial charge is 0.349 e. The number of aryl methyl sites for hydroxylation is 1. The summed E-state index contributed by atoms with van der Waals surface area (Å²) in [7, 11) is 0. The fourth-order valence-electron chi connectivity index (χ4n) is 4.54. The summed E-state index contributed by atoms with van der Waals surface area (Å²) in [4.78, 5) is 25.4. The first-order chi connectivity index (χ1) is 11.6. The number of carbonyl (C=O) groups excluding carboxylic acids is 1. The van der Waals surface area contributed by atoms with E-state index in [4.69, 9.17) is 0 Å². The number of nitrogens with one attached hydrogen (secondary N) is 1. The molecule has 0 spiro atoms. The molecule has 2 aliphatic rings. The maximum absolute atomic E-state index is 12.9. The van der Waals surface area contributed by atoms with E-state index in [1.54, 1.807) is 6.07 Å². The van der Waals surface area contributed by atoms with Crippen LogP contribution in [0.3, 0.4) is 0 Å². The molecule has 0 aliphatic heterocycles. The number of amides is 1. The van der Waals surface area contributed by atoms with Gasteiger partial charge in [0.15, 0.2) is 0 Å². The van der Waals surface area contributed by atoms with Gasteiger partial charge in [0.25, 0.3) is 11.5 Å². The van der Waals surface area contributed by atoms with Crippen molar-refractivity contribution in [2.24, 2.45) is 0 Å². The van der Waals surface area contributed by atoms with E-state index in [1.165, 1.54) is 38.5 Å². The summed E-state index contributed by atoms with van der Waals surface area (Å²) in [5.74, 6) is 0.00135. The van der Waals surface area contributed by atoms with Gasteiger partial charge in [-0.3, -0.25) is 9.59 Å². The molecule has 0 radical (unpaired) electrons. The quantitative estimate of drug-likeness (QED) is 0.909. The third kappa shape index (κ3) is 3.57. The first kappa shape index (κ1) is 17.2. The van der Waals surface area contributed by atoms with Gasteiger partial charge in [0.1, 0.15) is 0 Å². The third-order valence-electron chi connectivity index (χ3n) is 5.80. The Labute approximate surface area is 144 Å². The summed E-state index contributed by atoms with van der Waals surface area (Å²) in [5, 5.41) is 3.21. The molecule has 24 heavy (non-hydrogen) atoms. The van der Waals surface area contributed by atoms with Gasteiger partial charge in [-0.15, -0.1) is 0 Å². The Morgan fingerprint density at radius 3 is 2.21 bits per heavy atom. The molecule has 0 aromatic carbocycles. The van der Waals surface area contributed by atoms with E-state index in [-0.39, 0.29) is 17.5 Å². The lowest BCUT2D eigenvalue weighted by Gasteiger charge is -2.28. The smallest absolute Gasteiger partial charge is 0.253 e. The molecule has 0 bridgehead atoms. The maximum atomic E-state index is 12.9. The highest BCUT2D eigenvalue weighted by atomic mass is 16.2. The normalized spacial score (nSPS) is 20.1. The molecular formula is C20H30N2O2. The first-order valence-electron chi connectivity index (χ1n) is 9.61. The zero-order valence-electron chi connectivity index (χ0n) is 15.1. The molecule has 4 heteroatoms. The van der Waals surface area contributed by atoms with Gasteiger partial charge in [0.05, 0.1) is 5.56 Å². The van der Waals surface area contributed by atoms with Crippen LogP contribution in [0.4, 0.5) is 0 Å². The van der Waals surface area contributed by atoms with Crippen LogP contribution in [-0.2, 0) is 0 Å². The molecule has 3 rings (SSSR count). The summed E-state index contributed by atoms with van der Waals surface area (Å²) < 4.78 is 1.89. The van der Waals surface area contributed by atoms with E-state index in [2.05, 4.69) is 5.32 Å². The molecule has 0 saturated heterocycles. The SMILES string of the molecule is Cc1cc(=O)n(C2CCCCC2)c(C)c1C(=O)NC1CCCCC1. The van der Waals surface area contributed by atoms with Crippen LogP contribution in [-0.4, -0.2) is 16.5 Å². The fourth-order valence-corrected chi connectivity index (χ4v) is 4.54. The maximum Gasteiger partial charge on any atom is 0.253 e. The number of hydrogen-bond acceptors (Lipinski definition) is 2. The summed E-state index contributed by atoms with van der Waals surface area (Å²) in [5.41, 5.74) is 2.41. The summed E-state index contributed by atoms with van der Waals surface area (Å²) >= 11 is 0. The minimum atomic E-state index is 0.00135. The van der Waals surface area contributed by atoms with Crippen molar-refractivity contribution >= 4 is 5.91 Å². The van der Waals surface area contributed by atoms with Crippen LogP contribution in [0, 0.1) is 13.8 Å². The molecule has 1 aromatic rings. The van der Waals surface area contributed by atoms with Gasteiger partial charge >= 0.3 is 0 Å². The molecule has 1 heterocycles. The zero-order chi connectivity index (χ0) is 17.1. The Balaban J connectivity index is 1.88. The number of aromatic nitrogens is 1. The topological polar surface area (TPSA) is 51.1 Å². The lowest BCUT2D eigenvalue weighted by atomic mass is 9.93. The van der Waals surface area contributed by atoms with Crippen molar-refractivity contribution in [2.45, 2.75) is 90.1 Å². The van der Waals surface area contributed by atoms with Gasteiger partial charge < -0.3 is 9.88 Å². The predicted molar refractivity (Wildman–Crippen MR) is 96.6 cm³/mol. The molecule has 1 aromatic heterocycles. The van der Waals surface area contributed by atoms with E-state index in [1.807, 2.05) is 18.4 Å². The van der Waals surface area contributed by atoms with Crippen LogP contribution >= 0.6 is 0 Å². The second kappa shape index (κ2) is 7.54. The van der Waals surface area contributed by atoms with Crippen LogP contribution in [0.5, 0.6) is 0 Å². The van der Waals surface area contributed by atoms with Crippen LogP contribution in [0.25, 0.3) is 0 Å². The average molecular weight is 330 g/mol. The lowest BCUT2D eigenvalue weighted by molar-refractivity contribution is 0.0925. The van der Waals surface area contributed by atoms with E-state index < -0.39 is 0 Å². The molecule has 132 valence electrons. The minimum Gasteiger partial charge on any atom is -0.349 e. The highest BCUT2D eigenvalue weighted by Crippen LogP contribution is 2.29. The molecule has 0 atom stereocenters. The minimum absolute atomic E-state index is 0.00135. The molecule has 1 amide bonds. The van der Waals surface area contributed by atoms with Crippen molar-refractivity contribution in [2.75, 3.05) is 0 Å². The van der Waals surface area contributed by atoms with E-state index in [0.29, 0.717) is 11.6 Å². The zero-order valence-corrected chi connectivity index (χ0v) is 15.1. The Morgan fingerprint density at radius 2 is 1.58 bits per heavy atom. The summed E-state index contributed by atoms with van der Waals surface area (Å²) in [6, 6.07) is 2.20. The molecule has 4 nitrogen and oxygen atoms in total. The molecule has 0 unspecified atom stereocenters. The Hall–Kier alpha value is -1.58. The van der Waals surface area contributed by atoms with Gasteiger partial charge in [-0.2, -0.15) is 0 Å². The van der Waals surface area contributed by atoms with Gasteiger partial charge in [-0.1, -0.05) is 38.5 Å². The third-order valence-corrected chi connectivity index (χ3v) is 5.80. The van der Waals surface area contributed by atoms with Crippen LogP contribution in [0.2, 0.25) is 0 Å². The molecule has 1 N–H and O–H groups in total. The van der Waals surface area contributed by atoms with Crippen LogP contribution in [0.1, 0.15) is 91.9 Å². The van der Waals surface area contributed by atoms with Gasteiger partial charge in [0, 0.05) is 23.8 Å². The molecule has 2 saturated carbocycles. The van der Waals surface area contributed by atoms with Gasteiger partial charge in [-0.05, 0) is 45.1 Å². The number of rotatable bonds is 3. The Kier molecular flexibility index (Phi) is 5.42. The fraction of sp³-hybridized carbons (Fsp3) is 0.700. The summed E-state index contributed by atoms with van der Waals surface area (Å²) in [6.45, 7) is 3.83. The van der Waals surface area contributed by atoms with Crippen molar-refractivity contribution in [3.63, 3.8) is 0 Å². The molecule has 2 aliphatic carbocycles. The molecule has 2 fully saturated rings. The van der Waals surface area contributed by atoms with E-state index >= 15 is 0 Å². The van der Waals surface area contributed by atoms with Crippen molar-refractivity contribution in [3.05, 3.63) is 33.2 Å². The van der Waals surface area contributed by atoms with Crippen molar-refractivity contribution < 1.29 is 4.79 Å². The number of pyridine rings is 1. The monoisotopic (exact) mass is 330 g/mol. The average Bonchev–Trinajstić information content (AvgIpc) is 2.56. The standard InChI is InChI=1S/C20H30N2O2/c1-14-13-18(23)22(17-11-7-4-8-12-17)15(2)19(14)20(24)21-16-9-5-3-6-10-16/h13,16-17H,3-12H2,1-2H3,(H,21,24). The van der Waals surface area contributed by atoms with E-state index in [9.17, 15) is 9.59 Å². The Morgan fingerprint density at radius 1 is 1.00 bits per heavy atom. The van der Waals surface area contributed by atoms with Crippen LogP contribution in [0.15, 0.2) is 10.9 Å². The number of nitrogens with zero attached hydrogens (tertiary/aromatic N) is 1. The van der Waals surface area contributed by atoms with Crippen LogP contribution < -0.4 is 10.9 Å². The highest BCUT2D eigenvalue weighted by molar-refractivity contribution is 5.96. The van der Waals surface area contributed by atoms with Crippen molar-refractivity contribution in [1.82, 2.24) is 9.88 Å². The second-order valence-electron chi connectivity index (χ2n) is 7.60. The highest BCUT2D eigenvalue weighted by Gasteiger charge is 2.24. The number of carbonyl (C=O) groups is 1. The van der Waals surface area contributed by atoms with Gasteiger partial charge in [0.2, 0.25) is 0 Å². The Bertz CT molecular complexity index is 650. The summed E-state index contributed by atoms with van der Waals surface area (Å²) in [6.07, 6.45) is 11.5. The van der Waals surface area contributed by atoms with E-state index in [0.717, 1.165) is 36.9 Å². The van der Waals surface area contributed by atoms with Crippen molar-refractivity contribution in [1.29, 1.82) is 0 Å². The molecular weight excluding hydrogens is 300 g/mol. The van der Waals surface area contributed by atoms with Gasteiger partial charge in [-0.25, -0.2) is 0 Å². The first-order valence-corrected chi connectivity index (χ1v) is 9.61. The number of hydrogen-bond donors (Lipinski definition) is 1. The predicted octanol–water partition coefficient (Wildman–Crippen LogP) is 4.03.